The van der Waals surface area contributed by atoms with Crippen LogP contribution in [0.15, 0.2) is 5.38 Å². The first-order valence-electron chi connectivity index (χ1n) is 7.24. The van der Waals surface area contributed by atoms with Crippen LogP contribution in [-0.4, -0.2) is 48.0 Å². The molecule has 0 aromatic carbocycles. The average Bonchev–Trinajstić information content (AvgIpc) is 2.91. The van der Waals surface area contributed by atoms with Crippen LogP contribution in [-0.2, 0) is 4.79 Å². The Morgan fingerprint density at radius 1 is 1.43 bits per heavy atom. The number of hydrogen-bond acceptors (Lipinski definition) is 5. The van der Waals surface area contributed by atoms with Crippen molar-refractivity contribution in [3.05, 3.63) is 11.1 Å². The number of halogens is 1. The van der Waals surface area contributed by atoms with E-state index in [9.17, 15) is 4.79 Å². The number of rotatable bonds is 4. The molecule has 0 saturated carbocycles. The number of nitrogens with two attached hydrogens (primary N) is 1. The van der Waals surface area contributed by atoms with E-state index in [4.69, 9.17) is 5.73 Å². The molecule has 1 aromatic rings. The average molecular weight is 333 g/mol. The van der Waals surface area contributed by atoms with Crippen LogP contribution in [0.1, 0.15) is 26.0 Å². The molecule has 2 unspecified atom stereocenters. The van der Waals surface area contributed by atoms with Gasteiger partial charge in [-0.2, -0.15) is 0 Å². The molecule has 2 rings (SSSR count). The molecule has 1 fully saturated rings. The quantitative estimate of drug-likeness (QED) is 0.914. The third-order valence-electron chi connectivity index (χ3n) is 4.01. The van der Waals surface area contributed by atoms with Crippen LogP contribution < -0.4 is 10.6 Å². The van der Waals surface area contributed by atoms with Crippen LogP contribution in [0.4, 0.5) is 5.13 Å². The van der Waals surface area contributed by atoms with E-state index in [1.165, 1.54) is 0 Å². The van der Waals surface area contributed by atoms with Crippen molar-refractivity contribution in [3.8, 4) is 0 Å². The summed E-state index contributed by atoms with van der Waals surface area (Å²) in [5.41, 5.74) is 7.09. The zero-order chi connectivity index (χ0) is 14.7. The first kappa shape index (κ1) is 18.2. The zero-order valence-electron chi connectivity index (χ0n) is 12.9. The predicted octanol–water partition coefficient (Wildman–Crippen LogP) is 1.90. The third-order valence-corrected chi connectivity index (χ3v) is 5.03. The third kappa shape index (κ3) is 4.31. The van der Waals surface area contributed by atoms with E-state index in [1.807, 2.05) is 18.7 Å². The van der Waals surface area contributed by atoms with Crippen LogP contribution >= 0.6 is 23.7 Å². The standard InChI is InChI=1S/C14H24N4OS.ClH/c1-4-10(2)12(15)13(19)17-5-7-18(8-6-17)14-16-11(3)9-20-14;/h9-10,12H,4-8,15H2,1-3H3;1H. The lowest BCUT2D eigenvalue weighted by molar-refractivity contribution is -0.134. The summed E-state index contributed by atoms with van der Waals surface area (Å²) in [6, 6.07) is -0.367. The number of nitrogens with zero attached hydrogens (tertiary/aromatic N) is 3. The van der Waals surface area contributed by atoms with Gasteiger partial charge in [-0.05, 0) is 12.8 Å². The molecule has 1 aliphatic rings. The van der Waals surface area contributed by atoms with Gasteiger partial charge in [-0.3, -0.25) is 4.79 Å². The van der Waals surface area contributed by atoms with Gasteiger partial charge in [-0.1, -0.05) is 20.3 Å². The van der Waals surface area contributed by atoms with E-state index in [0.717, 1.165) is 43.4 Å². The molecular weight excluding hydrogens is 308 g/mol. The maximum absolute atomic E-state index is 12.3. The fourth-order valence-electron chi connectivity index (χ4n) is 2.31. The van der Waals surface area contributed by atoms with Gasteiger partial charge in [0.15, 0.2) is 5.13 Å². The molecule has 21 heavy (non-hydrogen) atoms. The van der Waals surface area contributed by atoms with Gasteiger partial charge in [0.1, 0.15) is 0 Å². The molecule has 1 aliphatic heterocycles. The summed E-state index contributed by atoms with van der Waals surface area (Å²) in [7, 11) is 0. The molecule has 0 radical (unpaired) electrons. The highest BCUT2D eigenvalue weighted by Crippen LogP contribution is 2.21. The molecule has 1 aromatic heterocycles. The molecule has 120 valence electrons. The monoisotopic (exact) mass is 332 g/mol. The number of anilines is 1. The van der Waals surface area contributed by atoms with Crippen molar-refractivity contribution < 1.29 is 4.79 Å². The molecule has 2 N–H and O–H groups in total. The van der Waals surface area contributed by atoms with Crippen molar-refractivity contribution in [1.29, 1.82) is 0 Å². The van der Waals surface area contributed by atoms with Gasteiger partial charge < -0.3 is 15.5 Å². The number of aryl methyl sites for hydroxylation is 1. The molecule has 1 amide bonds. The Bertz CT molecular complexity index is 460. The number of piperazine rings is 1. The predicted molar refractivity (Wildman–Crippen MR) is 90.3 cm³/mol. The first-order chi connectivity index (χ1) is 9.52. The zero-order valence-corrected chi connectivity index (χ0v) is 14.5. The van der Waals surface area contributed by atoms with E-state index in [1.54, 1.807) is 11.3 Å². The van der Waals surface area contributed by atoms with E-state index < -0.39 is 0 Å². The summed E-state index contributed by atoms with van der Waals surface area (Å²) in [6.07, 6.45) is 0.936. The molecule has 0 aliphatic carbocycles. The fraction of sp³-hybridized carbons (Fsp3) is 0.714. The Hall–Kier alpha value is -0.850. The Labute approximate surface area is 136 Å². The minimum absolute atomic E-state index is 0. The van der Waals surface area contributed by atoms with Crippen LogP contribution in [0.2, 0.25) is 0 Å². The number of carbonyl (C=O) groups excluding carboxylic acids is 1. The van der Waals surface area contributed by atoms with Crippen LogP contribution in [0.5, 0.6) is 0 Å². The molecule has 5 nitrogen and oxygen atoms in total. The number of thiazole rings is 1. The molecule has 0 bridgehead atoms. The SMILES string of the molecule is CCC(C)C(N)C(=O)N1CCN(c2nc(C)cs2)CC1.Cl. The highest BCUT2D eigenvalue weighted by molar-refractivity contribution is 7.13. The Morgan fingerprint density at radius 2 is 2.05 bits per heavy atom. The maximum Gasteiger partial charge on any atom is 0.239 e. The molecular formula is C14H25ClN4OS. The summed E-state index contributed by atoms with van der Waals surface area (Å²) in [5.74, 6) is 0.330. The molecule has 1 saturated heterocycles. The Morgan fingerprint density at radius 3 is 2.52 bits per heavy atom. The maximum atomic E-state index is 12.3. The van der Waals surface area contributed by atoms with Gasteiger partial charge in [0.25, 0.3) is 0 Å². The lowest BCUT2D eigenvalue weighted by atomic mass is 9.98. The number of amides is 1. The van der Waals surface area contributed by atoms with Crippen LogP contribution in [0.3, 0.4) is 0 Å². The lowest BCUT2D eigenvalue weighted by Gasteiger charge is -2.36. The van der Waals surface area contributed by atoms with Crippen molar-refractivity contribution >= 4 is 34.8 Å². The van der Waals surface area contributed by atoms with E-state index in [-0.39, 0.29) is 30.3 Å². The summed E-state index contributed by atoms with van der Waals surface area (Å²) >= 11 is 1.67. The minimum atomic E-state index is -0.367. The Kier molecular flexibility index (Phi) is 6.90. The normalized spacial score (nSPS) is 18.1. The van der Waals surface area contributed by atoms with Gasteiger partial charge in [0, 0.05) is 31.6 Å². The lowest BCUT2D eigenvalue weighted by Crippen LogP contribution is -2.54. The molecule has 0 spiro atoms. The van der Waals surface area contributed by atoms with Crippen molar-refractivity contribution in [1.82, 2.24) is 9.88 Å². The topological polar surface area (TPSA) is 62.5 Å². The Balaban J connectivity index is 0.00000220. The van der Waals surface area contributed by atoms with Crippen molar-refractivity contribution in [2.24, 2.45) is 11.7 Å². The first-order valence-corrected chi connectivity index (χ1v) is 8.12. The second kappa shape index (κ2) is 7.96. The molecule has 2 atom stereocenters. The summed E-state index contributed by atoms with van der Waals surface area (Å²) in [4.78, 5) is 21.0. The van der Waals surface area contributed by atoms with Gasteiger partial charge in [0.2, 0.25) is 5.91 Å². The highest BCUT2D eigenvalue weighted by atomic mass is 35.5. The van der Waals surface area contributed by atoms with Crippen molar-refractivity contribution in [2.45, 2.75) is 33.2 Å². The van der Waals surface area contributed by atoms with E-state index in [0.29, 0.717) is 0 Å². The highest BCUT2D eigenvalue weighted by Gasteiger charge is 2.28. The second-order valence-corrected chi connectivity index (χ2v) is 6.33. The van der Waals surface area contributed by atoms with Gasteiger partial charge >= 0.3 is 0 Å². The molecule has 2 heterocycles. The number of aromatic nitrogens is 1. The minimum Gasteiger partial charge on any atom is -0.345 e. The smallest absolute Gasteiger partial charge is 0.239 e. The number of carbonyl (C=O) groups is 1. The molecule has 7 heteroatoms. The van der Waals surface area contributed by atoms with Crippen molar-refractivity contribution in [2.75, 3.05) is 31.1 Å². The van der Waals surface area contributed by atoms with Crippen LogP contribution in [0, 0.1) is 12.8 Å². The fourth-order valence-corrected chi connectivity index (χ4v) is 3.17. The summed E-state index contributed by atoms with van der Waals surface area (Å²) in [5, 5.41) is 3.12. The summed E-state index contributed by atoms with van der Waals surface area (Å²) < 4.78 is 0. The summed E-state index contributed by atoms with van der Waals surface area (Å²) in [6.45, 7) is 9.27. The van der Waals surface area contributed by atoms with Gasteiger partial charge in [0.05, 0.1) is 11.7 Å². The van der Waals surface area contributed by atoms with Gasteiger partial charge in [-0.25, -0.2) is 4.98 Å². The van der Waals surface area contributed by atoms with Crippen molar-refractivity contribution in [3.63, 3.8) is 0 Å². The van der Waals surface area contributed by atoms with Crippen LogP contribution in [0.25, 0.3) is 0 Å². The second-order valence-electron chi connectivity index (χ2n) is 5.50. The number of hydrogen-bond donors (Lipinski definition) is 1. The van der Waals surface area contributed by atoms with Gasteiger partial charge in [-0.15, -0.1) is 23.7 Å². The largest absolute Gasteiger partial charge is 0.345 e. The van der Waals surface area contributed by atoms with E-state index in [2.05, 4.69) is 22.2 Å². The van der Waals surface area contributed by atoms with E-state index >= 15 is 0 Å².